The summed E-state index contributed by atoms with van der Waals surface area (Å²) in [5.41, 5.74) is 2.67. The number of benzene rings is 2. The van der Waals surface area contributed by atoms with Crippen molar-refractivity contribution in [2.45, 2.75) is 12.8 Å². The van der Waals surface area contributed by atoms with Gasteiger partial charge in [-0.15, -0.1) is 0 Å². The quantitative estimate of drug-likeness (QED) is 0.665. The number of carbonyl (C=O) groups excluding carboxylic acids is 1. The van der Waals surface area contributed by atoms with Gasteiger partial charge in [0.05, 0.1) is 6.42 Å². The van der Waals surface area contributed by atoms with Gasteiger partial charge in [0, 0.05) is 6.54 Å². The van der Waals surface area contributed by atoms with Crippen molar-refractivity contribution in [3.63, 3.8) is 0 Å². The molecule has 1 aliphatic heterocycles. The second-order valence-electron chi connectivity index (χ2n) is 5.80. The second kappa shape index (κ2) is 7.57. The maximum absolute atomic E-state index is 12.7. The Morgan fingerprint density at radius 3 is 2.72 bits per heavy atom. The molecular weight excluding hydrogens is 314 g/mol. The van der Waals surface area contributed by atoms with Crippen LogP contribution in [0.1, 0.15) is 17.5 Å². The van der Waals surface area contributed by atoms with Crippen molar-refractivity contribution in [3.05, 3.63) is 71.3 Å². The highest BCUT2D eigenvalue weighted by Crippen LogP contribution is 2.23. The molecule has 2 N–H and O–H groups in total. The lowest BCUT2D eigenvalue weighted by atomic mass is 10.1. The highest BCUT2D eigenvalue weighted by atomic mass is 16.3. The van der Waals surface area contributed by atoms with E-state index in [-0.39, 0.29) is 11.7 Å². The number of phenolic OH excluding ortho intramolecular Hbond substituents is 1. The molecule has 126 valence electrons. The Morgan fingerprint density at radius 2 is 2.00 bits per heavy atom. The molecule has 0 spiro atoms. The average Bonchev–Trinajstić information content (AvgIpc) is 2.99. The zero-order valence-corrected chi connectivity index (χ0v) is 13.7. The number of nitrogens with zero attached hydrogens (tertiary/aromatic N) is 2. The maximum Gasteiger partial charge on any atom is 0.232 e. The standard InChI is InChI=1S/C20H19N3O2/c21-14-22-20-17(11-16-7-4-8-18(24)12-16)9-10-23(20)19(25)13-15-5-2-1-3-6-15/h1-8,11-12,14,21,24H,9-10,13H2/b17-11+,21-14?,22-20+. The first kappa shape index (κ1) is 16.6. The van der Waals surface area contributed by atoms with Crippen LogP contribution < -0.4 is 0 Å². The van der Waals surface area contributed by atoms with Crippen LogP contribution >= 0.6 is 0 Å². The Labute approximate surface area is 146 Å². The second-order valence-corrected chi connectivity index (χ2v) is 5.80. The lowest BCUT2D eigenvalue weighted by Gasteiger charge is -2.16. The van der Waals surface area contributed by atoms with Gasteiger partial charge in [-0.3, -0.25) is 15.1 Å². The zero-order chi connectivity index (χ0) is 17.6. The summed E-state index contributed by atoms with van der Waals surface area (Å²) in [6, 6.07) is 16.5. The van der Waals surface area contributed by atoms with Crippen molar-refractivity contribution in [1.29, 1.82) is 5.41 Å². The van der Waals surface area contributed by atoms with E-state index in [9.17, 15) is 9.90 Å². The maximum atomic E-state index is 12.7. The topological polar surface area (TPSA) is 76.8 Å². The van der Waals surface area contributed by atoms with Crippen molar-refractivity contribution in [1.82, 2.24) is 4.90 Å². The molecule has 2 aromatic rings. The summed E-state index contributed by atoms with van der Waals surface area (Å²) in [6.45, 7) is 0.545. The molecule has 0 unspecified atom stereocenters. The number of amidine groups is 1. The van der Waals surface area contributed by atoms with Crippen molar-refractivity contribution in [2.75, 3.05) is 6.54 Å². The minimum atomic E-state index is -0.0360. The van der Waals surface area contributed by atoms with Gasteiger partial charge in [0.25, 0.3) is 0 Å². The number of aromatic hydroxyl groups is 1. The normalized spacial score (nSPS) is 17.2. The van der Waals surface area contributed by atoms with Gasteiger partial charge in [-0.05, 0) is 41.3 Å². The number of likely N-dealkylation sites (tertiary alicyclic amines) is 1. The highest BCUT2D eigenvalue weighted by molar-refractivity contribution is 6.14. The molecule has 5 nitrogen and oxygen atoms in total. The third-order valence-electron chi connectivity index (χ3n) is 4.04. The number of rotatable bonds is 4. The van der Waals surface area contributed by atoms with E-state index in [1.807, 2.05) is 42.5 Å². The largest absolute Gasteiger partial charge is 0.508 e. The van der Waals surface area contributed by atoms with E-state index >= 15 is 0 Å². The van der Waals surface area contributed by atoms with Crippen LogP contribution in [0.3, 0.4) is 0 Å². The van der Waals surface area contributed by atoms with E-state index < -0.39 is 0 Å². The van der Waals surface area contributed by atoms with Gasteiger partial charge < -0.3 is 5.11 Å². The molecule has 1 amide bonds. The fourth-order valence-electron chi connectivity index (χ4n) is 2.90. The van der Waals surface area contributed by atoms with Crippen LogP contribution in [0.15, 0.2) is 65.2 Å². The van der Waals surface area contributed by atoms with E-state index in [1.54, 1.807) is 23.1 Å². The molecule has 5 heteroatoms. The first-order chi connectivity index (χ1) is 12.2. The molecule has 3 rings (SSSR count). The minimum absolute atomic E-state index is 0.0360. The number of aliphatic imine (C=N–C) groups is 1. The summed E-state index contributed by atoms with van der Waals surface area (Å²) in [5.74, 6) is 0.667. The van der Waals surface area contributed by atoms with Gasteiger partial charge in [-0.2, -0.15) is 0 Å². The number of carbonyl (C=O) groups is 1. The number of hydrogen-bond acceptors (Lipinski definition) is 3. The Morgan fingerprint density at radius 1 is 1.20 bits per heavy atom. The fourth-order valence-corrected chi connectivity index (χ4v) is 2.90. The van der Waals surface area contributed by atoms with Crippen molar-refractivity contribution in [2.24, 2.45) is 4.99 Å². The number of nitrogens with one attached hydrogen (secondary N) is 1. The molecule has 2 aromatic carbocycles. The predicted octanol–water partition coefficient (Wildman–Crippen LogP) is 3.26. The molecule has 0 saturated carbocycles. The Balaban J connectivity index is 1.83. The van der Waals surface area contributed by atoms with E-state index in [0.29, 0.717) is 25.2 Å². The summed E-state index contributed by atoms with van der Waals surface area (Å²) < 4.78 is 0. The van der Waals surface area contributed by atoms with E-state index in [2.05, 4.69) is 4.99 Å². The first-order valence-corrected chi connectivity index (χ1v) is 8.08. The molecule has 1 heterocycles. The number of phenols is 1. The molecule has 1 saturated heterocycles. The van der Waals surface area contributed by atoms with Crippen LogP contribution in [-0.4, -0.2) is 34.6 Å². The van der Waals surface area contributed by atoms with Gasteiger partial charge in [0.2, 0.25) is 5.91 Å². The monoisotopic (exact) mass is 333 g/mol. The van der Waals surface area contributed by atoms with E-state index in [0.717, 1.165) is 23.0 Å². The van der Waals surface area contributed by atoms with Crippen molar-refractivity contribution in [3.8, 4) is 5.75 Å². The minimum Gasteiger partial charge on any atom is -0.508 e. The summed E-state index contributed by atoms with van der Waals surface area (Å²) in [6.07, 6.45) is 3.83. The fraction of sp³-hybridized carbons (Fsp3) is 0.150. The third kappa shape index (κ3) is 4.01. The number of hydrogen-bond donors (Lipinski definition) is 2. The van der Waals surface area contributed by atoms with E-state index in [4.69, 9.17) is 5.41 Å². The van der Waals surface area contributed by atoms with Crippen LogP contribution in [0.5, 0.6) is 5.75 Å². The van der Waals surface area contributed by atoms with Gasteiger partial charge in [-0.1, -0.05) is 42.5 Å². The zero-order valence-electron chi connectivity index (χ0n) is 13.7. The predicted molar refractivity (Wildman–Crippen MR) is 98.8 cm³/mol. The third-order valence-corrected chi connectivity index (χ3v) is 4.04. The van der Waals surface area contributed by atoms with Gasteiger partial charge in [0.15, 0.2) is 0 Å². The summed E-state index contributed by atoms with van der Waals surface area (Å²) in [5, 5.41) is 16.9. The van der Waals surface area contributed by atoms with Crippen LogP contribution in [-0.2, 0) is 11.2 Å². The molecule has 0 atom stereocenters. The lowest BCUT2D eigenvalue weighted by Crippen LogP contribution is -2.33. The Hall–Kier alpha value is -3.21. The highest BCUT2D eigenvalue weighted by Gasteiger charge is 2.28. The van der Waals surface area contributed by atoms with Crippen LogP contribution in [0.2, 0.25) is 0 Å². The summed E-state index contributed by atoms with van der Waals surface area (Å²) in [4.78, 5) is 18.4. The molecule has 25 heavy (non-hydrogen) atoms. The van der Waals surface area contributed by atoms with Gasteiger partial charge in [-0.25, -0.2) is 4.99 Å². The molecule has 1 aliphatic rings. The molecular formula is C20H19N3O2. The smallest absolute Gasteiger partial charge is 0.232 e. The van der Waals surface area contributed by atoms with E-state index in [1.165, 1.54) is 0 Å². The number of amides is 1. The van der Waals surface area contributed by atoms with Gasteiger partial charge in [0.1, 0.15) is 17.9 Å². The van der Waals surface area contributed by atoms with Crippen molar-refractivity contribution < 1.29 is 9.90 Å². The lowest BCUT2D eigenvalue weighted by molar-refractivity contribution is -0.126. The Bertz CT molecular complexity index is 841. The first-order valence-electron chi connectivity index (χ1n) is 8.08. The van der Waals surface area contributed by atoms with Gasteiger partial charge >= 0.3 is 0 Å². The van der Waals surface area contributed by atoms with Crippen LogP contribution in [0, 0.1) is 5.41 Å². The average molecular weight is 333 g/mol. The summed E-state index contributed by atoms with van der Waals surface area (Å²) in [7, 11) is 0. The SMILES string of the molecule is N=C/N=C1\C(=C\c2cccc(O)c2)CCN1C(=O)Cc1ccccc1. The molecule has 0 aliphatic carbocycles. The summed E-state index contributed by atoms with van der Waals surface area (Å²) >= 11 is 0. The van der Waals surface area contributed by atoms with Crippen LogP contribution in [0.25, 0.3) is 6.08 Å². The van der Waals surface area contributed by atoms with Crippen molar-refractivity contribution >= 4 is 24.2 Å². The molecule has 0 radical (unpaired) electrons. The Kier molecular flexibility index (Phi) is 5.04. The molecule has 0 bridgehead atoms. The van der Waals surface area contributed by atoms with Crippen LogP contribution in [0.4, 0.5) is 0 Å². The molecule has 1 fully saturated rings. The molecule has 0 aromatic heterocycles.